The molecule has 23 heavy (non-hydrogen) atoms. The van der Waals surface area contributed by atoms with E-state index in [4.69, 9.17) is 9.47 Å². The van der Waals surface area contributed by atoms with E-state index in [-0.39, 0.29) is 6.10 Å². The number of benzene rings is 2. The molecule has 0 heterocycles. The molecule has 0 aliphatic carbocycles. The monoisotopic (exact) mass is 310 g/mol. The summed E-state index contributed by atoms with van der Waals surface area (Å²) in [5.41, 5.74) is 2.58. The maximum Gasteiger partial charge on any atom is 0.384 e. The highest BCUT2D eigenvalue weighted by Crippen LogP contribution is 2.29. The molecule has 0 amide bonds. The molecule has 4 nitrogen and oxygen atoms in total. The molecule has 4 heteroatoms. The number of hydrogen-bond donors (Lipinski definition) is 0. The van der Waals surface area contributed by atoms with E-state index in [0.717, 1.165) is 22.4 Å². The van der Waals surface area contributed by atoms with Gasteiger partial charge >= 0.3 is 5.97 Å². The number of hydrogen-bond acceptors (Lipinski definition) is 4. The van der Waals surface area contributed by atoms with Crippen LogP contribution in [0.25, 0.3) is 0 Å². The third kappa shape index (κ3) is 4.12. The normalized spacial score (nSPS) is 11.1. The smallest absolute Gasteiger partial charge is 0.384 e. The molecule has 1 atom stereocenters. The van der Waals surface area contributed by atoms with Gasteiger partial charge in [-0.1, -0.05) is 36.3 Å². The first kappa shape index (κ1) is 16.6. The second-order valence-corrected chi connectivity index (χ2v) is 4.72. The summed E-state index contributed by atoms with van der Waals surface area (Å²) in [4.78, 5) is 11.2. The molecule has 0 spiro atoms. The Morgan fingerprint density at radius 2 is 1.70 bits per heavy atom. The Hall–Kier alpha value is -2.77. The number of rotatable bonds is 4. The van der Waals surface area contributed by atoms with Crippen molar-refractivity contribution < 1.29 is 19.0 Å². The van der Waals surface area contributed by atoms with Crippen LogP contribution in [0.5, 0.6) is 5.75 Å². The number of carbonyl (C=O) groups is 1. The van der Waals surface area contributed by atoms with Gasteiger partial charge in [0.05, 0.1) is 14.2 Å². The number of esters is 1. The minimum Gasteiger partial charge on any atom is -0.497 e. The Morgan fingerprint density at radius 1 is 1.00 bits per heavy atom. The average molecular weight is 310 g/mol. The van der Waals surface area contributed by atoms with E-state index in [2.05, 4.69) is 16.6 Å². The Morgan fingerprint density at radius 3 is 2.30 bits per heavy atom. The fourth-order valence-corrected chi connectivity index (χ4v) is 2.23. The fraction of sp³-hybridized carbons (Fsp3) is 0.211. The molecule has 0 aliphatic rings. The third-order valence-corrected chi connectivity index (χ3v) is 3.38. The van der Waals surface area contributed by atoms with Gasteiger partial charge in [0.25, 0.3) is 0 Å². The molecule has 0 fully saturated rings. The van der Waals surface area contributed by atoms with E-state index in [9.17, 15) is 4.79 Å². The van der Waals surface area contributed by atoms with Crippen LogP contribution in [0.2, 0.25) is 0 Å². The molecule has 0 radical (unpaired) electrons. The number of methoxy groups -OCH3 is 3. The molecule has 2 aromatic carbocycles. The Labute approximate surface area is 136 Å². The van der Waals surface area contributed by atoms with Crippen molar-refractivity contribution in [3.05, 3.63) is 65.2 Å². The van der Waals surface area contributed by atoms with Crippen LogP contribution in [0.15, 0.2) is 48.5 Å². The molecular formula is C19H18O4. The lowest BCUT2D eigenvalue weighted by molar-refractivity contribution is -0.133. The van der Waals surface area contributed by atoms with Crippen LogP contribution >= 0.6 is 0 Å². The summed E-state index contributed by atoms with van der Waals surface area (Å²) in [5, 5.41) is 0. The molecular weight excluding hydrogens is 292 g/mol. The van der Waals surface area contributed by atoms with E-state index in [0.29, 0.717) is 0 Å². The zero-order valence-corrected chi connectivity index (χ0v) is 13.3. The Balaban J connectivity index is 2.40. The highest BCUT2D eigenvalue weighted by Gasteiger charge is 2.16. The van der Waals surface area contributed by atoms with Crippen molar-refractivity contribution in [2.24, 2.45) is 0 Å². The van der Waals surface area contributed by atoms with E-state index < -0.39 is 5.97 Å². The van der Waals surface area contributed by atoms with Gasteiger partial charge in [-0.05, 0) is 23.8 Å². The van der Waals surface area contributed by atoms with Crippen LogP contribution in [-0.2, 0) is 14.3 Å². The first-order chi connectivity index (χ1) is 11.2. The molecule has 2 aromatic rings. The standard InChI is InChI=1S/C19H18O4/c1-21-16-11-8-15(9-12-16)19(23-3)17-7-5-4-6-14(17)10-13-18(20)22-2/h4-9,11-12,19H,1-3H3. The lowest BCUT2D eigenvalue weighted by Gasteiger charge is -2.18. The maximum atomic E-state index is 11.2. The maximum absolute atomic E-state index is 11.2. The molecule has 118 valence electrons. The highest BCUT2D eigenvalue weighted by atomic mass is 16.5. The molecule has 1 unspecified atom stereocenters. The molecule has 0 aromatic heterocycles. The quantitative estimate of drug-likeness (QED) is 0.643. The van der Waals surface area contributed by atoms with E-state index in [1.807, 2.05) is 48.5 Å². The molecule has 2 rings (SSSR count). The third-order valence-electron chi connectivity index (χ3n) is 3.38. The van der Waals surface area contributed by atoms with E-state index in [1.54, 1.807) is 14.2 Å². The number of carbonyl (C=O) groups excluding carboxylic acids is 1. The van der Waals surface area contributed by atoms with Gasteiger partial charge < -0.3 is 14.2 Å². The van der Waals surface area contributed by atoms with Gasteiger partial charge in [0, 0.05) is 24.2 Å². The molecule has 0 N–H and O–H groups in total. The van der Waals surface area contributed by atoms with Crippen LogP contribution in [0, 0.1) is 11.8 Å². The van der Waals surface area contributed by atoms with E-state index >= 15 is 0 Å². The highest BCUT2D eigenvalue weighted by molar-refractivity contribution is 5.89. The summed E-state index contributed by atoms with van der Waals surface area (Å²) in [6.45, 7) is 0. The molecule has 0 bridgehead atoms. The lowest BCUT2D eigenvalue weighted by atomic mass is 9.96. The van der Waals surface area contributed by atoms with Gasteiger partial charge in [0.2, 0.25) is 0 Å². The lowest BCUT2D eigenvalue weighted by Crippen LogP contribution is -2.06. The topological polar surface area (TPSA) is 44.8 Å². The van der Waals surface area contributed by atoms with Crippen molar-refractivity contribution in [3.8, 4) is 17.6 Å². The minimum atomic E-state index is -0.571. The Bertz CT molecular complexity index is 723. The summed E-state index contributed by atoms with van der Waals surface area (Å²) in [5.74, 6) is 5.50. The predicted molar refractivity (Wildman–Crippen MR) is 87.2 cm³/mol. The van der Waals surface area contributed by atoms with Gasteiger partial charge in [0.15, 0.2) is 0 Å². The number of ether oxygens (including phenoxy) is 3. The van der Waals surface area contributed by atoms with Gasteiger partial charge in [-0.3, -0.25) is 0 Å². The van der Waals surface area contributed by atoms with Crippen molar-refractivity contribution in [2.75, 3.05) is 21.3 Å². The van der Waals surface area contributed by atoms with Crippen LogP contribution in [-0.4, -0.2) is 27.3 Å². The summed E-state index contributed by atoms with van der Waals surface area (Å²) in [6.07, 6.45) is -0.288. The van der Waals surface area contributed by atoms with Crippen LogP contribution < -0.4 is 4.74 Å². The SMILES string of the molecule is COC(=O)C#Cc1ccccc1C(OC)c1ccc(OC)cc1. The first-order valence-electron chi connectivity index (χ1n) is 7.05. The first-order valence-corrected chi connectivity index (χ1v) is 7.05. The van der Waals surface area contributed by atoms with Crippen LogP contribution in [0.1, 0.15) is 22.8 Å². The van der Waals surface area contributed by atoms with Gasteiger partial charge in [0.1, 0.15) is 11.9 Å². The van der Waals surface area contributed by atoms with Gasteiger partial charge in [-0.25, -0.2) is 4.79 Å². The Kier molecular flexibility index (Phi) is 5.79. The predicted octanol–water partition coefficient (Wildman–Crippen LogP) is 2.96. The van der Waals surface area contributed by atoms with Crippen molar-refractivity contribution in [1.29, 1.82) is 0 Å². The minimum absolute atomic E-state index is 0.288. The largest absolute Gasteiger partial charge is 0.497 e. The summed E-state index contributed by atoms with van der Waals surface area (Å²) < 4.78 is 15.4. The fourth-order valence-electron chi connectivity index (χ4n) is 2.23. The summed E-state index contributed by atoms with van der Waals surface area (Å²) in [7, 11) is 4.57. The van der Waals surface area contributed by atoms with Gasteiger partial charge in [-0.15, -0.1) is 0 Å². The zero-order chi connectivity index (χ0) is 16.7. The zero-order valence-electron chi connectivity index (χ0n) is 13.3. The van der Waals surface area contributed by atoms with Crippen LogP contribution in [0.4, 0.5) is 0 Å². The molecule has 0 saturated heterocycles. The van der Waals surface area contributed by atoms with Crippen molar-refractivity contribution >= 4 is 5.97 Å². The molecule has 0 aliphatic heterocycles. The average Bonchev–Trinajstić information content (AvgIpc) is 2.61. The second-order valence-electron chi connectivity index (χ2n) is 4.72. The van der Waals surface area contributed by atoms with Crippen LogP contribution in [0.3, 0.4) is 0 Å². The van der Waals surface area contributed by atoms with Crippen molar-refractivity contribution in [1.82, 2.24) is 0 Å². The van der Waals surface area contributed by atoms with Crippen molar-refractivity contribution in [3.63, 3.8) is 0 Å². The molecule has 0 saturated carbocycles. The summed E-state index contributed by atoms with van der Waals surface area (Å²) >= 11 is 0. The summed E-state index contributed by atoms with van der Waals surface area (Å²) in [6, 6.07) is 15.2. The van der Waals surface area contributed by atoms with E-state index in [1.165, 1.54) is 7.11 Å². The second kappa shape index (κ2) is 8.02. The van der Waals surface area contributed by atoms with Crippen molar-refractivity contribution in [2.45, 2.75) is 6.10 Å². The van der Waals surface area contributed by atoms with Gasteiger partial charge in [-0.2, -0.15) is 0 Å².